The summed E-state index contributed by atoms with van der Waals surface area (Å²) in [4.78, 5) is 22.7. The lowest BCUT2D eigenvalue weighted by atomic mass is 10.1. The molecule has 1 atom stereocenters. The number of nitriles is 1. The first kappa shape index (κ1) is 14.7. The number of nitrogens with one attached hydrogen (secondary N) is 2. The number of aliphatic hydroxyl groups excluding tert-OH is 1. The van der Waals surface area contributed by atoms with Crippen LogP contribution in [0.5, 0.6) is 0 Å². The number of carbonyl (C=O) groups excluding carboxylic acids is 2. The van der Waals surface area contributed by atoms with Crippen LogP contribution in [-0.2, 0) is 16.0 Å². The Bertz CT molecular complexity index is 468. The predicted molar refractivity (Wildman–Crippen MR) is 67.8 cm³/mol. The first-order valence-electron chi connectivity index (χ1n) is 5.77. The van der Waals surface area contributed by atoms with Gasteiger partial charge >= 0.3 is 11.8 Å². The molecule has 0 fully saturated rings. The standard InChI is InChI=1S/C13H15N3O3/c14-6-7-15-12(18)13(19)16-11(9-17)8-10-4-2-1-3-5-10/h1-5,11,17H,7-9H2,(H,15,18)(H,16,19). The molecule has 0 aromatic heterocycles. The number of carbonyl (C=O) groups is 2. The number of hydrogen-bond donors (Lipinski definition) is 3. The second-order valence-corrected chi connectivity index (χ2v) is 3.88. The third kappa shape index (κ3) is 5.19. The summed E-state index contributed by atoms with van der Waals surface area (Å²) in [6, 6.07) is 10.5. The van der Waals surface area contributed by atoms with E-state index in [1.807, 2.05) is 30.3 Å². The monoisotopic (exact) mass is 261 g/mol. The normalized spacial score (nSPS) is 11.2. The molecule has 1 rings (SSSR count). The van der Waals surface area contributed by atoms with E-state index in [0.29, 0.717) is 6.42 Å². The van der Waals surface area contributed by atoms with Gasteiger partial charge in [0, 0.05) is 0 Å². The lowest BCUT2D eigenvalue weighted by molar-refractivity contribution is -0.139. The smallest absolute Gasteiger partial charge is 0.310 e. The summed E-state index contributed by atoms with van der Waals surface area (Å²) in [6.45, 7) is -0.499. The molecule has 0 bridgehead atoms. The first-order chi connectivity index (χ1) is 9.17. The van der Waals surface area contributed by atoms with Gasteiger partial charge in [-0.15, -0.1) is 0 Å². The highest BCUT2D eigenvalue weighted by atomic mass is 16.3. The van der Waals surface area contributed by atoms with Crippen LogP contribution in [0.1, 0.15) is 5.56 Å². The molecular weight excluding hydrogens is 246 g/mol. The maximum atomic E-state index is 11.5. The highest BCUT2D eigenvalue weighted by Crippen LogP contribution is 2.02. The van der Waals surface area contributed by atoms with Gasteiger partial charge < -0.3 is 15.7 Å². The fraction of sp³-hybridized carbons (Fsp3) is 0.308. The molecule has 1 unspecified atom stereocenters. The summed E-state index contributed by atoms with van der Waals surface area (Å²) >= 11 is 0. The predicted octanol–water partition coefficient (Wildman–Crippen LogP) is -0.654. The molecular formula is C13H15N3O3. The van der Waals surface area contributed by atoms with Crippen LogP contribution < -0.4 is 10.6 Å². The summed E-state index contributed by atoms with van der Waals surface area (Å²) < 4.78 is 0. The van der Waals surface area contributed by atoms with Crippen molar-refractivity contribution in [1.82, 2.24) is 10.6 Å². The highest BCUT2D eigenvalue weighted by Gasteiger charge is 2.17. The van der Waals surface area contributed by atoms with E-state index in [0.717, 1.165) is 5.56 Å². The Hall–Kier alpha value is -2.39. The first-order valence-corrected chi connectivity index (χ1v) is 5.77. The van der Waals surface area contributed by atoms with Crippen LogP contribution in [0.3, 0.4) is 0 Å². The zero-order valence-corrected chi connectivity index (χ0v) is 10.3. The fourth-order valence-corrected chi connectivity index (χ4v) is 1.51. The van der Waals surface area contributed by atoms with Crippen molar-refractivity contribution in [3.05, 3.63) is 35.9 Å². The minimum absolute atomic E-state index is 0.227. The number of benzene rings is 1. The van der Waals surface area contributed by atoms with Crippen LogP contribution >= 0.6 is 0 Å². The van der Waals surface area contributed by atoms with Crippen LogP contribution in [0.25, 0.3) is 0 Å². The lowest BCUT2D eigenvalue weighted by Crippen LogP contribution is -2.46. The third-order valence-corrected chi connectivity index (χ3v) is 2.41. The summed E-state index contributed by atoms with van der Waals surface area (Å²) in [6.07, 6.45) is 0.425. The molecule has 19 heavy (non-hydrogen) atoms. The van der Waals surface area contributed by atoms with Crippen LogP contribution in [0.2, 0.25) is 0 Å². The minimum atomic E-state index is -0.881. The second kappa shape index (κ2) is 7.84. The zero-order chi connectivity index (χ0) is 14.1. The quantitative estimate of drug-likeness (QED) is 0.484. The van der Waals surface area contributed by atoms with Gasteiger partial charge in [-0.25, -0.2) is 0 Å². The zero-order valence-electron chi connectivity index (χ0n) is 10.3. The van der Waals surface area contributed by atoms with Crippen LogP contribution in [0.15, 0.2) is 30.3 Å². The van der Waals surface area contributed by atoms with E-state index >= 15 is 0 Å². The molecule has 0 aliphatic rings. The van der Waals surface area contributed by atoms with Crippen LogP contribution in [0.4, 0.5) is 0 Å². The molecule has 100 valence electrons. The van der Waals surface area contributed by atoms with E-state index in [1.165, 1.54) is 0 Å². The molecule has 0 radical (unpaired) electrons. The number of nitrogens with zero attached hydrogens (tertiary/aromatic N) is 1. The van der Waals surface area contributed by atoms with E-state index < -0.39 is 17.9 Å². The average molecular weight is 261 g/mol. The summed E-state index contributed by atoms with van der Waals surface area (Å²) in [7, 11) is 0. The number of amides is 2. The van der Waals surface area contributed by atoms with Crippen LogP contribution in [-0.4, -0.2) is 36.1 Å². The molecule has 0 aliphatic carbocycles. The molecule has 0 spiro atoms. The number of rotatable bonds is 5. The average Bonchev–Trinajstić information content (AvgIpc) is 2.44. The topological polar surface area (TPSA) is 102 Å². The molecule has 6 nitrogen and oxygen atoms in total. The molecule has 0 heterocycles. The Labute approximate surface area is 111 Å². The van der Waals surface area contributed by atoms with E-state index in [4.69, 9.17) is 5.26 Å². The van der Waals surface area contributed by atoms with Crippen LogP contribution in [0, 0.1) is 11.3 Å². The summed E-state index contributed by atoms with van der Waals surface area (Å²) in [5.41, 5.74) is 0.944. The number of hydrogen-bond acceptors (Lipinski definition) is 4. The van der Waals surface area contributed by atoms with Gasteiger partial charge in [0.15, 0.2) is 0 Å². The molecule has 2 amide bonds. The van der Waals surface area contributed by atoms with Gasteiger partial charge in [0.2, 0.25) is 0 Å². The molecule has 3 N–H and O–H groups in total. The van der Waals surface area contributed by atoms with Gasteiger partial charge in [-0.1, -0.05) is 30.3 Å². The van der Waals surface area contributed by atoms with E-state index in [1.54, 1.807) is 6.07 Å². The minimum Gasteiger partial charge on any atom is -0.394 e. The van der Waals surface area contributed by atoms with Gasteiger partial charge in [0.05, 0.1) is 18.7 Å². The SMILES string of the molecule is N#CCNC(=O)C(=O)NC(CO)Cc1ccccc1. The molecule has 0 saturated heterocycles. The lowest BCUT2D eigenvalue weighted by Gasteiger charge is -2.15. The third-order valence-electron chi connectivity index (χ3n) is 2.41. The molecule has 6 heteroatoms. The summed E-state index contributed by atoms with van der Waals surface area (Å²) in [5, 5.41) is 22.0. The van der Waals surface area contributed by atoms with E-state index in [9.17, 15) is 14.7 Å². The van der Waals surface area contributed by atoms with Gasteiger partial charge in [-0.3, -0.25) is 9.59 Å². The Kier molecular flexibility index (Phi) is 6.06. The van der Waals surface area contributed by atoms with Gasteiger partial charge in [0.25, 0.3) is 0 Å². The van der Waals surface area contributed by atoms with E-state index in [-0.39, 0.29) is 13.2 Å². The Balaban J connectivity index is 2.51. The highest BCUT2D eigenvalue weighted by molar-refractivity contribution is 6.35. The molecule has 1 aromatic carbocycles. The van der Waals surface area contributed by atoms with Crippen molar-refractivity contribution in [1.29, 1.82) is 5.26 Å². The Morgan fingerprint density at radius 3 is 2.53 bits per heavy atom. The summed E-state index contributed by atoms with van der Waals surface area (Å²) in [5.74, 6) is -1.74. The van der Waals surface area contributed by atoms with Crippen molar-refractivity contribution in [2.75, 3.05) is 13.2 Å². The molecule has 0 aliphatic heterocycles. The van der Waals surface area contributed by atoms with Crippen molar-refractivity contribution >= 4 is 11.8 Å². The Morgan fingerprint density at radius 1 is 1.26 bits per heavy atom. The van der Waals surface area contributed by atoms with Crippen molar-refractivity contribution in [2.24, 2.45) is 0 Å². The van der Waals surface area contributed by atoms with Gasteiger partial charge in [-0.2, -0.15) is 5.26 Å². The molecule has 0 saturated carbocycles. The van der Waals surface area contributed by atoms with Crippen molar-refractivity contribution < 1.29 is 14.7 Å². The van der Waals surface area contributed by atoms with Gasteiger partial charge in [0.1, 0.15) is 6.54 Å². The maximum Gasteiger partial charge on any atom is 0.310 e. The van der Waals surface area contributed by atoms with Gasteiger partial charge in [-0.05, 0) is 12.0 Å². The number of aliphatic hydroxyl groups is 1. The van der Waals surface area contributed by atoms with Crippen molar-refractivity contribution in [3.63, 3.8) is 0 Å². The second-order valence-electron chi connectivity index (χ2n) is 3.88. The maximum absolute atomic E-state index is 11.5. The van der Waals surface area contributed by atoms with Crippen molar-refractivity contribution in [3.8, 4) is 6.07 Å². The Morgan fingerprint density at radius 2 is 1.95 bits per heavy atom. The van der Waals surface area contributed by atoms with Crippen molar-refractivity contribution in [2.45, 2.75) is 12.5 Å². The fourth-order valence-electron chi connectivity index (χ4n) is 1.51. The largest absolute Gasteiger partial charge is 0.394 e. The van der Waals surface area contributed by atoms with E-state index in [2.05, 4.69) is 10.6 Å². The molecule has 1 aromatic rings.